The number of benzene rings is 1. The molecule has 0 radical (unpaired) electrons. The summed E-state index contributed by atoms with van der Waals surface area (Å²) in [4.78, 5) is 26.9. The van der Waals surface area contributed by atoms with Crippen molar-refractivity contribution in [2.45, 2.75) is 32.4 Å². The van der Waals surface area contributed by atoms with Gasteiger partial charge >= 0.3 is 5.97 Å². The number of esters is 1. The molecule has 0 N–H and O–H groups in total. The molecular formula is C18H22N2O3. The minimum absolute atomic E-state index is 0.0452. The van der Waals surface area contributed by atoms with Crippen LogP contribution in [0.5, 0.6) is 0 Å². The Morgan fingerprint density at radius 3 is 2.91 bits per heavy atom. The fourth-order valence-electron chi connectivity index (χ4n) is 3.41. The van der Waals surface area contributed by atoms with E-state index in [0.717, 1.165) is 24.9 Å². The maximum atomic E-state index is 12.8. The van der Waals surface area contributed by atoms with Crippen LogP contribution >= 0.6 is 0 Å². The van der Waals surface area contributed by atoms with E-state index in [-0.39, 0.29) is 5.56 Å². The van der Waals surface area contributed by atoms with Gasteiger partial charge in [-0.05, 0) is 49.5 Å². The summed E-state index contributed by atoms with van der Waals surface area (Å²) in [6.45, 7) is 4.98. The van der Waals surface area contributed by atoms with E-state index in [1.807, 2.05) is 12.3 Å². The summed E-state index contributed by atoms with van der Waals surface area (Å²) in [5, 5.41) is 1.41. The monoisotopic (exact) mass is 314 g/mol. The lowest BCUT2D eigenvalue weighted by atomic mass is 10.1. The Kier molecular flexibility index (Phi) is 4.48. The molecule has 122 valence electrons. The van der Waals surface area contributed by atoms with Crippen LogP contribution in [0.2, 0.25) is 0 Å². The van der Waals surface area contributed by atoms with E-state index < -0.39 is 5.97 Å². The van der Waals surface area contributed by atoms with Crippen molar-refractivity contribution in [3.05, 3.63) is 46.4 Å². The second-order valence-electron chi connectivity index (χ2n) is 5.99. The summed E-state index contributed by atoms with van der Waals surface area (Å²) in [7, 11) is 1.34. The maximum Gasteiger partial charge on any atom is 0.337 e. The van der Waals surface area contributed by atoms with E-state index in [9.17, 15) is 9.59 Å². The van der Waals surface area contributed by atoms with Crippen LogP contribution in [0, 0.1) is 0 Å². The first-order valence-electron chi connectivity index (χ1n) is 8.09. The lowest BCUT2D eigenvalue weighted by molar-refractivity contribution is 0.0601. The van der Waals surface area contributed by atoms with Gasteiger partial charge < -0.3 is 9.30 Å². The van der Waals surface area contributed by atoms with Gasteiger partial charge in [0.2, 0.25) is 0 Å². The van der Waals surface area contributed by atoms with Gasteiger partial charge in [0.05, 0.1) is 12.7 Å². The van der Waals surface area contributed by atoms with E-state index in [2.05, 4.69) is 11.8 Å². The van der Waals surface area contributed by atoms with E-state index in [1.54, 1.807) is 22.8 Å². The van der Waals surface area contributed by atoms with Crippen molar-refractivity contribution in [1.29, 1.82) is 0 Å². The quantitative estimate of drug-likeness (QED) is 0.813. The van der Waals surface area contributed by atoms with Crippen LogP contribution in [-0.2, 0) is 11.3 Å². The van der Waals surface area contributed by atoms with Crippen LogP contribution in [0.25, 0.3) is 10.8 Å². The van der Waals surface area contributed by atoms with Gasteiger partial charge in [0, 0.05) is 24.2 Å². The standard InChI is InChI=1S/C18H22N2O3/c1-3-19-9-4-5-15(19)12-20-10-8-13-6-7-14(18(22)23-2)11-16(13)17(20)21/h6-8,10-11,15H,3-5,9,12H2,1-2H3/t15-/m0/s1. The number of carbonyl (C=O) groups excluding carboxylic acids is 1. The van der Waals surface area contributed by atoms with Gasteiger partial charge in [0.15, 0.2) is 0 Å². The fraction of sp³-hybridized carbons (Fsp3) is 0.444. The summed E-state index contributed by atoms with van der Waals surface area (Å²) in [6.07, 6.45) is 4.17. The highest BCUT2D eigenvalue weighted by Gasteiger charge is 2.23. The van der Waals surface area contributed by atoms with Crippen molar-refractivity contribution in [2.24, 2.45) is 0 Å². The van der Waals surface area contributed by atoms with Crippen LogP contribution in [0.15, 0.2) is 35.3 Å². The van der Waals surface area contributed by atoms with Crippen LogP contribution < -0.4 is 5.56 Å². The van der Waals surface area contributed by atoms with E-state index in [0.29, 0.717) is 23.5 Å². The molecule has 5 heteroatoms. The van der Waals surface area contributed by atoms with Crippen molar-refractivity contribution in [3.8, 4) is 0 Å². The normalized spacial score (nSPS) is 18.4. The first kappa shape index (κ1) is 15.7. The highest BCUT2D eigenvalue weighted by molar-refractivity contribution is 5.95. The van der Waals surface area contributed by atoms with Gasteiger partial charge in [-0.3, -0.25) is 9.69 Å². The Labute approximate surface area is 135 Å². The van der Waals surface area contributed by atoms with E-state index in [1.165, 1.54) is 13.5 Å². The molecule has 1 saturated heterocycles. The molecule has 0 saturated carbocycles. The number of carbonyl (C=O) groups is 1. The third-order valence-corrected chi connectivity index (χ3v) is 4.71. The molecule has 0 unspecified atom stereocenters. The topological polar surface area (TPSA) is 51.5 Å². The predicted molar refractivity (Wildman–Crippen MR) is 89.8 cm³/mol. The number of fused-ring (bicyclic) bond motifs is 1. The van der Waals surface area contributed by atoms with Crippen molar-refractivity contribution >= 4 is 16.7 Å². The van der Waals surface area contributed by atoms with Gasteiger partial charge in [-0.2, -0.15) is 0 Å². The van der Waals surface area contributed by atoms with Crippen LogP contribution in [0.1, 0.15) is 30.1 Å². The smallest absolute Gasteiger partial charge is 0.337 e. The average Bonchev–Trinajstić information content (AvgIpc) is 3.03. The summed E-state index contributed by atoms with van der Waals surface area (Å²) in [5.74, 6) is -0.422. The van der Waals surface area contributed by atoms with Crippen molar-refractivity contribution in [2.75, 3.05) is 20.2 Å². The zero-order valence-corrected chi connectivity index (χ0v) is 13.6. The number of hydrogen-bond donors (Lipinski definition) is 0. The third kappa shape index (κ3) is 3.01. The Hall–Kier alpha value is -2.14. The zero-order chi connectivity index (χ0) is 16.4. The first-order valence-corrected chi connectivity index (χ1v) is 8.09. The first-order chi connectivity index (χ1) is 11.1. The summed E-state index contributed by atoms with van der Waals surface area (Å²) in [5.41, 5.74) is 0.363. The van der Waals surface area contributed by atoms with Crippen molar-refractivity contribution < 1.29 is 9.53 Å². The molecule has 0 amide bonds. The molecule has 1 atom stereocenters. The molecule has 2 heterocycles. The summed E-state index contributed by atoms with van der Waals surface area (Å²) >= 11 is 0. The third-order valence-electron chi connectivity index (χ3n) is 4.71. The fourth-order valence-corrected chi connectivity index (χ4v) is 3.41. The molecule has 23 heavy (non-hydrogen) atoms. The van der Waals surface area contributed by atoms with Crippen molar-refractivity contribution in [3.63, 3.8) is 0 Å². The molecule has 3 rings (SSSR count). The lowest BCUT2D eigenvalue weighted by Crippen LogP contribution is -2.35. The van der Waals surface area contributed by atoms with E-state index in [4.69, 9.17) is 4.74 Å². The van der Waals surface area contributed by atoms with Crippen LogP contribution in [0.4, 0.5) is 0 Å². The molecule has 1 aromatic carbocycles. The Morgan fingerprint density at radius 2 is 2.17 bits per heavy atom. The molecule has 1 aliphatic heterocycles. The lowest BCUT2D eigenvalue weighted by Gasteiger charge is -2.23. The number of pyridine rings is 1. The summed E-state index contributed by atoms with van der Waals surface area (Å²) < 4.78 is 6.50. The van der Waals surface area contributed by atoms with E-state index >= 15 is 0 Å². The predicted octanol–water partition coefficient (Wildman–Crippen LogP) is 2.27. The number of aromatic nitrogens is 1. The Bertz CT molecular complexity index is 781. The van der Waals surface area contributed by atoms with Crippen molar-refractivity contribution in [1.82, 2.24) is 9.47 Å². The second-order valence-corrected chi connectivity index (χ2v) is 5.99. The minimum Gasteiger partial charge on any atom is -0.465 e. The molecule has 1 aliphatic rings. The maximum absolute atomic E-state index is 12.8. The average molecular weight is 314 g/mol. The molecule has 1 fully saturated rings. The number of likely N-dealkylation sites (N-methyl/N-ethyl adjacent to an activating group) is 1. The SMILES string of the molecule is CCN1CCC[C@H]1Cn1ccc2ccc(C(=O)OC)cc2c1=O. The molecule has 5 nitrogen and oxygen atoms in total. The second kappa shape index (κ2) is 6.54. The van der Waals surface area contributed by atoms with Crippen LogP contribution in [-0.4, -0.2) is 41.7 Å². The van der Waals surface area contributed by atoms with Gasteiger partial charge in [-0.15, -0.1) is 0 Å². The van der Waals surface area contributed by atoms with Gasteiger partial charge in [0.25, 0.3) is 5.56 Å². The number of likely N-dealkylation sites (tertiary alicyclic amines) is 1. The van der Waals surface area contributed by atoms with Gasteiger partial charge in [-0.25, -0.2) is 4.79 Å². The molecule has 2 aromatic rings. The molecule has 1 aromatic heterocycles. The minimum atomic E-state index is -0.422. The number of ether oxygens (including phenoxy) is 1. The molecule has 0 spiro atoms. The molecule has 0 bridgehead atoms. The number of rotatable bonds is 4. The van der Waals surface area contributed by atoms with Gasteiger partial charge in [-0.1, -0.05) is 13.0 Å². The molecule has 0 aliphatic carbocycles. The number of hydrogen-bond acceptors (Lipinski definition) is 4. The highest BCUT2D eigenvalue weighted by Crippen LogP contribution is 2.19. The highest BCUT2D eigenvalue weighted by atomic mass is 16.5. The largest absolute Gasteiger partial charge is 0.465 e. The summed E-state index contributed by atoms with van der Waals surface area (Å²) in [6, 6.07) is 7.46. The zero-order valence-electron chi connectivity index (χ0n) is 13.6. The van der Waals surface area contributed by atoms with Crippen LogP contribution in [0.3, 0.4) is 0 Å². The molecular weight excluding hydrogens is 292 g/mol. The Morgan fingerprint density at radius 1 is 1.35 bits per heavy atom. The van der Waals surface area contributed by atoms with Gasteiger partial charge in [0.1, 0.15) is 0 Å². The number of nitrogens with zero attached hydrogens (tertiary/aromatic N) is 2. The number of methoxy groups -OCH3 is 1. The Balaban J connectivity index is 1.97.